The Morgan fingerprint density at radius 1 is 1.50 bits per heavy atom. The van der Waals surface area contributed by atoms with Crippen LogP contribution in [-0.4, -0.2) is 9.55 Å². The fourth-order valence-corrected chi connectivity index (χ4v) is 1.60. The lowest BCUT2D eigenvalue weighted by Gasteiger charge is -1.94. The van der Waals surface area contributed by atoms with Crippen LogP contribution in [0.15, 0.2) is 18.5 Å². The second kappa shape index (κ2) is 2.49. The summed E-state index contributed by atoms with van der Waals surface area (Å²) in [5.74, 6) is 0. The number of hydrogen-bond acceptors (Lipinski definition) is 1. The van der Waals surface area contributed by atoms with E-state index >= 15 is 0 Å². The Hall–Kier alpha value is -1.02. The van der Waals surface area contributed by atoms with Crippen LogP contribution in [0.2, 0.25) is 5.02 Å². The highest BCUT2D eigenvalue weighted by molar-refractivity contribution is 6.35. The van der Waals surface area contributed by atoms with E-state index < -0.39 is 0 Å². The molecular weight excluding hydrogens is 172 g/mol. The smallest absolute Gasteiger partial charge is 0.141 e. The van der Waals surface area contributed by atoms with E-state index in [2.05, 4.69) is 4.98 Å². The van der Waals surface area contributed by atoms with Crippen LogP contribution < -0.4 is 0 Å². The van der Waals surface area contributed by atoms with Crippen molar-refractivity contribution in [1.29, 1.82) is 0 Å². The summed E-state index contributed by atoms with van der Waals surface area (Å²) in [5.41, 5.74) is 2.07. The van der Waals surface area contributed by atoms with Gasteiger partial charge in [0.15, 0.2) is 0 Å². The summed E-state index contributed by atoms with van der Waals surface area (Å²) in [6, 6.07) is 2.05. The predicted molar refractivity (Wildman–Crippen MR) is 50.5 cm³/mol. The molecule has 0 saturated carbocycles. The monoisotopic (exact) mass is 180 g/mol. The first-order valence-electron chi connectivity index (χ1n) is 3.75. The summed E-state index contributed by atoms with van der Waals surface area (Å²) >= 11 is 5.99. The van der Waals surface area contributed by atoms with Gasteiger partial charge in [0, 0.05) is 24.8 Å². The Kier molecular flexibility index (Phi) is 1.58. The molecule has 0 aliphatic heterocycles. The van der Waals surface area contributed by atoms with Gasteiger partial charge < -0.3 is 4.57 Å². The highest BCUT2D eigenvalue weighted by Gasteiger charge is 2.04. The minimum absolute atomic E-state index is 0.767. The molecule has 0 amide bonds. The van der Waals surface area contributed by atoms with E-state index in [1.54, 1.807) is 0 Å². The van der Waals surface area contributed by atoms with E-state index in [4.69, 9.17) is 11.6 Å². The largest absolute Gasteiger partial charge is 0.334 e. The highest BCUT2D eigenvalue weighted by atomic mass is 35.5. The molecule has 0 atom stereocenters. The molecule has 0 fully saturated rings. The summed E-state index contributed by atoms with van der Waals surface area (Å²) in [7, 11) is 1.94. The Bertz CT molecular complexity index is 431. The van der Waals surface area contributed by atoms with E-state index in [-0.39, 0.29) is 0 Å². The molecular formula is C9H9ClN2. The molecule has 0 radical (unpaired) electrons. The molecule has 2 nitrogen and oxygen atoms in total. The van der Waals surface area contributed by atoms with Crippen molar-refractivity contribution in [1.82, 2.24) is 9.55 Å². The first-order chi connectivity index (χ1) is 5.68. The Morgan fingerprint density at radius 3 is 3.00 bits per heavy atom. The van der Waals surface area contributed by atoms with Crippen LogP contribution in [-0.2, 0) is 7.05 Å². The molecule has 62 valence electrons. The van der Waals surface area contributed by atoms with Gasteiger partial charge in [0.05, 0.1) is 5.02 Å². The van der Waals surface area contributed by atoms with E-state index in [0.717, 1.165) is 21.6 Å². The number of halogens is 1. The van der Waals surface area contributed by atoms with Gasteiger partial charge >= 0.3 is 0 Å². The van der Waals surface area contributed by atoms with Gasteiger partial charge in [0.1, 0.15) is 5.65 Å². The zero-order chi connectivity index (χ0) is 8.72. The minimum Gasteiger partial charge on any atom is -0.334 e. The molecule has 0 spiro atoms. The molecule has 2 rings (SSSR count). The van der Waals surface area contributed by atoms with E-state index in [0.29, 0.717) is 0 Å². The lowest BCUT2D eigenvalue weighted by atomic mass is 10.2. The third kappa shape index (κ3) is 0.994. The van der Waals surface area contributed by atoms with Gasteiger partial charge in [0.25, 0.3) is 0 Å². The SMILES string of the molecule is Cc1cnc2c(c1)c(Cl)cn2C. The van der Waals surface area contributed by atoms with Gasteiger partial charge in [-0.05, 0) is 18.6 Å². The van der Waals surface area contributed by atoms with Gasteiger partial charge in [0.2, 0.25) is 0 Å². The molecule has 0 saturated heterocycles. The zero-order valence-electron chi connectivity index (χ0n) is 7.00. The number of rotatable bonds is 0. The summed E-state index contributed by atoms with van der Waals surface area (Å²) < 4.78 is 1.93. The van der Waals surface area contributed by atoms with Crippen molar-refractivity contribution in [3.8, 4) is 0 Å². The number of aryl methyl sites for hydroxylation is 2. The average Bonchev–Trinajstić information content (AvgIpc) is 2.28. The number of pyridine rings is 1. The van der Waals surface area contributed by atoms with Gasteiger partial charge in [-0.25, -0.2) is 4.98 Å². The van der Waals surface area contributed by atoms with Crippen molar-refractivity contribution in [2.75, 3.05) is 0 Å². The van der Waals surface area contributed by atoms with Crippen LogP contribution in [0.4, 0.5) is 0 Å². The maximum Gasteiger partial charge on any atom is 0.141 e. The second-order valence-electron chi connectivity index (χ2n) is 2.97. The summed E-state index contributed by atoms with van der Waals surface area (Å²) in [4.78, 5) is 4.28. The van der Waals surface area contributed by atoms with E-state index in [1.165, 1.54) is 0 Å². The molecule has 0 unspecified atom stereocenters. The lowest BCUT2D eigenvalue weighted by Crippen LogP contribution is -1.87. The van der Waals surface area contributed by atoms with Crippen molar-refractivity contribution < 1.29 is 0 Å². The van der Waals surface area contributed by atoms with Crippen molar-refractivity contribution in [2.24, 2.45) is 7.05 Å². The average molecular weight is 181 g/mol. The number of fused-ring (bicyclic) bond motifs is 1. The van der Waals surface area contributed by atoms with Crippen LogP contribution in [0.25, 0.3) is 11.0 Å². The predicted octanol–water partition coefficient (Wildman–Crippen LogP) is 2.54. The maximum atomic E-state index is 5.99. The van der Waals surface area contributed by atoms with Crippen molar-refractivity contribution in [3.63, 3.8) is 0 Å². The topological polar surface area (TPSA) is 17.8 Å². The van der Waals surface area contributed by atoms with E-state index in [1.807, 2.05) is 37.0 Å². The highest BCUT2D eigenvalue weighted by Crippen LogP contribution is 2.23. The number of aromatic nitrogens is 2. The lowest BCUT2D eigenvalue weighted by molar-refractivity contribution is 0.947. The van der Waals surface area contributed by atoms with Gasteiger partial charge in [-0.3, -0.25) is 0 Å². The molecule has 0 aliphatic carbocycles. The maximum absolute atomic E-state index is 5.99. The van der Waals surface area contributed by atoms with Gasteiger partial charge in [-0.15, -0.1) is 0 Å². The Labute approximate surface area is 75.8 Å². The van der Waals surface area contributed by atoms with Crippen LogP contribution in [0, 0.1) is 6.92 Å². The van der Waals surface area contributed by atoms with Crippen LogP contribution in [0.1, 0.15) is 5.56 Å². The van der Waals surface area contributed by atoms with Crippen molar-refractivity contribution in [3.05, 3.63) is 29.0 Å². The summed E-state index contributed by atoms with van der Waals surface area (Å²) in [6.07, 6.45) is 3.72. The van der Waals surface area contributed by atoms with Gasteiger partial charge in [-0.1, -0.05) is 11.6 Å². The zero-order valence-corrected chi connectivity index (χ0v) is 7.76. The molecule has 2 aromatic rings. The van der Waals surface area contributed by atoms with Crippen molar-refractivity contribution >= 4 is 22.6 Å². The molecule has 2 heterocycles. The standard InChI is InChI=1S/C9H9ClN2/c1-6-3-7-8(10)5-12(2)9(7)11-4-6/h3-5H,1-2H3. The van der Waals surface area contributed by atoms with Crippen LogP contribution in [0.3, 0.4) is 0 Å². The number of nitrogens with zero attached hydrogens (tertiary/aromatic N) is 2. The second-order valence-corrected chi connectivity index (χ2v) is 3.38. The Morgan fingerprint density at radius 2 is 2.25 bits per heavy atom. The molecule has 3 heteroatoms. The molecule has 0 bridgehead atoms. The fraction of sp³-hybridized carbons (Fsp3) is 0.222. The quantitative estimate of drug-likeness (QED) is 0.609. The summed E-state index contributed by atoms with van der Waals surface area (Å²) in [6.45, 7) is 2.01. The van der Waals surface area contributed by atoms with Crippen molar-refractivity contribution in [2.45, 2.75) is 6.92 Å². The fourth-order valence-electron chi connectivity index (χ4n) is 1.32. The summed E-state index contributed by atoms with van der Waals surface area (Å²) in [5, 5.41) is 1.79. The normalized spacial score (nSPS) is 10.9. The third-order valence-electron chi connectivity index (χ3n) is 1.90. The number of hydrogen-bond donors (Lipinski definition) is 0. The molecule has 0 N–H and O–H groups in total. The molecule has 2 aromatic heterocycles. The molecule has 0 aromatic carbocycles. The van der Waals surface area contributed by atoms with Gasteiger partial charge in [-0.2, -0.15) is 0 Å². The minimum atomic E-state index is 0.767. The van der Waals surface area contributed by atoms with E-state index in [9.17, 15) is 0 Å². The Balaban J connectivity index is 2.90. The van der Waals surface area contributed by atoms with Crippen LogP contribution in [0.5, 0.6) is 0 Å². The van der Waals surface area contributed by atoms with Crippen LogP contribution >= 0.6 is 11.6 Å². The third-order valence-corrected chi connectivity index (χ3v) is 2.20. The first kappa shape index (κ1) is 7.62. The molecule has 0 aliphatic rings. The molecule has 12 heavy (non-hydrogen) atoms. The first-order valence-corrected chi connectivity index (χ1v) is 4.13.